The van der Waals surface area contributed by atoms with Crippen LogP contribution in [0.4, 0.5) is 0 Å². The Morgan fingerprint density at radius 2 is 2.29 bits per heavy atom. The summed E-state index contributed by atoms with van der Waals surface area (Å²) in [5.41, 5.74) is 0.610. The van der Waals surface area contributed by atoms with Crippen LogP contribution in [0.3, 0.4) is 0 Å². The molecule has 0 unspecified atom stereocenters. The molecule has 0 amide bonds. The van der Waals surface area contributed by atoms with E-state index in [9.17, 15) is 0 Å². The molecule has 0 aromatic carbocycles. The molecule has 0 atom stereocenters. The maximum Gasteiger partial charge on any atom is 0.274 e. The maximum absolute atomic E-state index is 8.85. The number of nitriles is 1. The Hall–Kier alpha value is -2.17. The van der Waals surface area contributed by atoms with Gasteiger partial charge in [0.2, 0.25) is 5.82 Å². The molecule has 110 valence electrons. The minimum Gasteiger partial charge on any atom is -0.381 e. The molecule has 1 fully saturated rings. The second-order valence-corrected chi connectivity index (χ2v) is 4.88. The van der Waals surface area contributed by atoms with Gasteiger partial charge < -0.3 is 19.0 Å². The van der Waals surface area contributed by atoms with Crippen LogP contribution in [0, 0.1) is 11.3 Å². The molecule has 7 heteroatoms. The second-order valence-electron chi connectivity index (χ2n) is 4.88. The fourth-order valence-electron chi connectivity index (χ4n) is 2.51. The first-order valence-corrected chi connectivity index (χ1v) is 6.92. The quantitative estimate of drug-likeness (QED) is 0.923. The van der Waals surface area contributed by atoms with Gasteiger partial charge in [-0.2, -0.15) is 10.2 Å². The summed E-state index contributed by atoms with van der Waals surface area (Å²) in [4.78, 5) is 7.39. The SMILES string of the molecule is CCOC1(c2noc(-c3cc(C#N)c[nH]3)n2)CCOCC1. The van der Waals surface area contributed by atoms with Gasteiger partial charge in [-0.15, -0.1) is 0 Å². The lowest BCUT2D eigenvalue weighted by molar-refractivity contribution is -0.118. The molecular formula is C14H16N4O3. The zero-order valence-corrected chi connectivity index (χ0v) is 11.8. The van der Waals surface area contributed by atoms with E-state index in [1.54, 1.807) is 12.3 Å². The Balaban J connectivity index is 1.90. The number of nitrogens with one attached hydrogen (secondary N) is 1. The Morgan fingerprint density at radius 3 is 2.95 bits per heavy atom. The zero-order chi connectivity index (χ0) is 14.7. The van der Waals surface area contributed by atoms with E-state index in [0.717, 1.165) is 0 Å². The largest absolute Gasteiger partial charge is 0.381 e. The number of hydrogen-bond donors (Lipinski definition) is 1. The molecule has 1 N–H and O–H groups in total. The molecule has 0 saturated carbocycles. The first-order valence-electron chi connectivity index (χ1n) is 6.92. The first-order chi connectivity index (χ1) is 10.3. The van der Waals surface area contributed by atoms with Gasteiger partial charge in [-0.1, -0.05) is 5.16 Å². The highest BCUT2D eigenvalue weighted by molar-refractivity contribution is 5.51. The van der Waals surface area contributed by atoms with Crippen molar-refractivity contribution in [3.8, 4) is 17.7 Å². The van der Waals surface area contributed by atoms with Gasteiger partial charge >= 0.3 is 0 Å². The topological polar surface area (TPSA) is 97.0 Å². The lowest BCUT2D eigenvalue weighted by atomic mass is 9.93. The van der Waals surface area contributed by atoms with Gasteiger partial charge in [-0.3, -0.25) is 0 Å². The highest BCUT2D eigenvalue weighted by Gasteiger charge is 2.40. The molecule has 0 aliphatic carbocycles. The van der Waals surface area contributed by atoms with Crippen LogP contribution in [-0.4, -0.2) is 34.9 Å². The third-order valence-corrected chi connectivity index (χ3v) is 3.60. The lowest BCUT2D eigenvalue weighted by Gasteiger charge is -2.33. The molecule has 2 aromatic heterocycles. The van der Waals surface area contributed by atoms with Gasteiger partial charge in [0.05, 0.1) is 5.56 Å². The molecule has 1 aliphatic rings. The maximum atomic E-state index is 8.85. The van der Waals surface area contributed by atoms with Crippen molar-refractivity contribution >= 4 is 0 Å². The molecule has 0 spiro atoms. The normalized spacial score (nSPS) is 17.5. The number of hydrogen-bond acceptors (Lipinski definition) is 6. The van der Waals surface area contributed by atoms with E-state index in [4.69, 9.17) is 19.3 Å². The number of aromatic nitrogens is 3. The molecule has 0 radical (unpaired) electrons. The van der Waals surface area contributed by atoms with Crippen molar-refractivity contribution in [2.24, 2.45) is 0 Å². The van der Waals surface area contributed by atoms with Crippen molar-refractivity contribution in [2.75, 3.05) is 19.8 Å². The van der Waals surface area contributed by atoms with Crippen LogP contribution in [0.15, 0.2) is 16.8 Å². The van der Waals surface area contributed by atoms with Crippen LogP contribution in [0.2, 0.25) is 0 Å². The van der Waals surface area contributed by atoms with Gasteiger partial charge in [0, 0.05) is 38.9 Å². The van der Waals surface area contributed by atoms with Gasteiger partial charge in [0.1, 0.15) is 17.4 Å². The molecule has 3 rings (SSSR count). The van der Waals surface area contributed by atoms with Gasteiger partial charge in [-0.25, -0.2) is 0 Å². The Bertz CT molecular complexity index is 644. The van der Waals surface area contributed by atoms with Crippen molar-refractivity contribution in [1.82, 2.24) is 15.1 Å². The third-order valence-electron chi connectivity index (χ3n) is 3.60. The summed E-state index contributed by atoms with van der Waals surface area (Å²) in [7, 11) is 0. The summed E-state index contributed by atoms with van der Waals surface area (Å²) in [5.74, 6) is 0.896. The van der Waals surface area contributed by atoms with Crippen molar-refractivity contribution < 1.29 is 14.0 Å². The van der Waals surface area contributed by atoms with Crippen LogP contribution in [0.25, 0.3) is 11.6 Å². The van der Waals surface area contributed by atoms with E-state index >= 15 is 0 Å². The average molecular weight is 288 g/mol. The summed E-state index contributed by atoms with van der Waals surface area (Å²) >= 11 is 0. The summed E-state index contributed by atoms with van der Waals surface area (Å²) in [5, 5.41) is 12.9. The van der Waals surface area contributed by atoms with Crippen molar-refractivity contribution in [3.63, 3.8) is 0 Å². The van der Waals surface area contributed by atoms with Gasteiger partial charge in [-0.05, 0) is 13.0 Å². The third kappa shape index (κ3) is 2.55. The average Bonchev–Trinajstić information content (AvgIpc) is 3.17. The van der Waals surface area contributed by atoms with Crippen LogP contribution >= 0.6 is 0 Å². The van der Waals surface area contributed by atoms with Crippen molar-refractivity contribution in [3.05, 3.63) is 23.7 Å². The van der Waals surface area contributed by atoms with Gasteiger partial charge in [0.15, 0.2) is 0 Å². The van der Waals surface area contributed by atoms with Gasteiger partial charge in [0.25, 0.3) is 5.89 Å². The van der Waals surface area contributed by atoms with Crippen LogP contribution in [0.5, 0.6) is 0 Å². The molecule has 7 nitrogen and oxygen atoms in total. The standard InChI is InChI=1S/C14H16N4O3/c1-2-20-14(3-5-19-6-4-14)13-17-12(21-18-13)11-7-10(8-15)9-16-11/h7,9,16H,2-6H2,1H3. The Labute approximate surface area is 121 Å². The van der Waals surface area contributed by atoms with E-state index < -0.39 is 5.60 Å². The molecule has 1 saturated heterocycles. The minimum absolute atomic E-state index is 0.358. The lowest BCUT2D eigenvalue weighted by Crippen LogP contribution is -2.37. The number of aromatic amines is 1. The highest BCUT2D eigenvalue weighted by atomic mass is 16.5. The zero-order valence-electron chi connectivity index (χ0n) is 11.8. The van der Waals surface area contributed by atoms with Crippen molar-refractivity contribution in [1.29, 1.82) is 5.26 Å². The Kier molecular flexibility index (Phi) is 3.73. The predicted octanol–water partition coefficient (Wildman–Crippen LogP) is 1.98. The summed E-state index contributed by atoms with van der Waals surface area (Å²) < 4.78 is 16.6. The predicted molar refractivity (Wildman–Crippen MR) is 72.2 cm³/mol. The van der Waals surface area contributed by atoms with E-state index in [0.29, 0.717) is 55.6 Å². The molecule has 21 heavy (non-hydrogen) atoms. The van der Waals surface area contributed by atoms with E-state index in [1.807, 2.05) is 6.92 Å². The summed E-state index contributed by atoms with van der Waals surface area (Å²) in [6.07, 6.45) is 3.01. The number of rotatable bonds is 4. The molecule has 1 aliphatic heterocycles. The Morgan fingerprint density at radius 1 is 1.48 bits per heavy atom. The smallest absolute Gasteiger partial charge is 0.274 e. The fraction of sp³-hybridized carbons (Fsp3) is 0.500. The minimum atomic E-state index is -0.542. The highest BCUT2D eigenvalue weighted by Crippen LogP contribution is 2.35. The van der Waals surface area contributed by atoms with Crippen molar-refractivity contribution in [2.45, 2.75) is 25.4 Å². The van der Waals surface area contributed by atoms with Crippen LogP contribution in [0.1, 0.15) is 31.2 Å². The van der Waals surface area contributed by atoms with E-state index in [-0.39, 0.29) is 0 Å². The number of H-pyrrole nitrogens is 1. The molecule has 2 aromatic rings. The number of ether oxygens (including phenoxy) is 2. The summed E-state index contributed by atoms with van der Waals surface area (Å²) in [6.45, 7) is 3.75. The van der Waals surface area contributed by atoms with E-state index in [1.165, 1.54) is 0 Å². The number of nitrogens with zero attached hydrogens (tertiary/aromatic N) is 3. The molecule has 0 bridgehead atoms. The fourth-order valence-corrected chi connectivity index (χ4v) is 2.51. The summed E-state index contributed by atoms with van der Waals surface area (Å²) in [6, 6.07) is 3.73. The second kappa shape index (κ2) is 5.68. The first kappa shape index (κ1) is 13.8. The molecule has 3 heterocycles. The monoisotopic (exact) mass is 288 g/mol. The van der Waals surface area contributed by atoms with E-state index in [2.05, 4.69) is 21.2 Å². The van der Waals surface area contributed by atoms with Crippen LogP contribution in [-0.2, 0) is 15.1 Å². The van der Waals surface area contributed by atoms with Crippen LogP contribution < -0.4 is 0 Å². The molecular weight excluding hydrogens is 272 g/mol.